The lowest BCUT2D eigenvalue weighted by Crippen LogP contribution is -2.23. The van der Waals surface area contributed by atoms with Gasteiger partial charge in [0.15, 0.2) is 0 Å². The first-order valence-corrected chi connectivity index (χ1v) is 7.83. The lowest BCUT2D eigenvalue weighted by molar-refractivity contribution is 0.160. The van der Waals surface area contributed by atoms with Crippen LogP contribution in [0.4, 0.5) is 0 Å². The second kappa shape index (κ2) is 6.91. The van der Waals surface area contributed by atoms with E-state index < -0.39 is 0 Å². The molecule has 0 heterocycles. The Kier molecular flexibility index (Phi) is 5.21. The van der Waals surface area contributed by atoms with Crippen molar-refractivity contribution in [2.75, 3.05) is 0 Å². The van der Waals surface area contributed by atoms with Crippen LogP contribution in [-0.2, 0) is 0 Å². The normalized spacial score (nSPS) is 37.6. The smallest absolute Gasteiger partial charge is 0.133 e. The van der Waals surface area contributed by atoms with Crippen molar-refractivity contribution in [1.82, 2.24) is 0 Å². The van der Waals surface area contributed by atoms with E-state index in [0.29, 0.717) is 12.8 Å². The van der Waals surface area contributed by atoms with Gasteiger partial charge in [-0.05, 0) is 25.7 Å². The van der Waals surface area contributed by atoms with Gasteiger partial charge in [-0.25, -0.2) is 0 Å². The summed E-state index contributed by atoms with van der Waals surface area (Å²) in [6.45, 7) is 0. The summed E-state index contributed by atoms with van der Waals surface area (Å²) in [6.07, 6.45) is 8.29. The molecule has 2 atom stereocenters. The first-order chi connectivity index (χ1) is 9.61. The molecule has 0 aliphatic heterocycles. The van der Waals surface area contributed by atoms with Gasteiger partial charge < -0.3 is 20.4 Å². The molecule has 0 saturated carbocycles. The zero-order valence-corrected chi connectivity index (χ0v) is 12.0. The molecule has 4 heteroatoms. The van der Waals surface area contributed by atoms with Crippen LogP contribution in [0, 0.1) is 11.8 Å². The number of aliphatic hydroxyl groups excluding tert-OH is 4. The summed E-state index contributed by atoms with van der Waals surface area (Å²) < 4.78 is 0. The largest absolute Gasteiger partial charge is 0.509 e. The van der Waals surface area contributed by atoms with E-state index in [1.165, 1.54) is 0 Å². The molecule has 114 valence electrons. The molecule has 2 aliphatic carbocycles. The second-order valence-electron chi connectivity index (χ2n) is 6.08. The maximum Gasteiger partial charge on any atom is 0.133 e. The number of aliphatic hydroxyl groups is 4. The highest BCUT2D eigenvalue weighted by molar-refractivity contribution is 5.14. The van der Waals surface area contributed by atoms with Crippen molar-refractivity contribution in [3.63, 3.8) is 0 Å². The van der Waals surface area contributed by atoms with E-state index in [4.69, 9.17) is 0 Å². The molecule has 0 aromatic carbocycles. The minimum atomic E-state index is -0.268. The fraction of sp³-hybridized carbons (Fsp3) is 0.750. The van der Waals surface area contributed by atoms with Crippen molar-refractivity contribution < 1.29 is 20.4 Å². The van der Waals surface area contributed by atoms with Gasteiger partial charge in [0.2, 0.25) is 0 Å². The summed E-state index contributed by atoms with van der Waals surface area (Å²) >= 11 is 0. The molecule has 2 unspecified atom stereocenters. The summed E-state index contributed by atoms with van der Waals surface area (Å²) in [5.41, 5.74) is 0. The molecule has 0 radical (unpaired) electrons. The monoisotopic (exact) mass is 282 g/mol. The summed E-state index contributed by atoms with van der Waals surface area (Å²) in [5.74, 6) is -0.372. The van der Waals surface area contributed by atoms with Crippen LogP contribution in [0.3, 0.4) is 0 Å². The molecule has 0 spiro atoms. The number of rotatable bonds is 1. The molecule has 0 aromatic heterocycles. The number of allylic oxidation sites excluding steroid dienone is 4. The molecule has 20 heavy (non-hydrogen) atoms. The Morgan fingerprint density at radius 2 is 0.950 bits per heavy atom. The average molecular weight is 282 g/mol. The van der Waals surface area contributed by atoms with Crippen molar-refractivity contribution in [3.05, 3.63) is 23.0 Å². The van der Waals surface area contributed by atoms with Crippen LogP contribution in [0.2, 0.25) is 0 Å². The molecule has 4 N–H and O–H groups in total. The highest BCUT2D eigenvalue weighted by atomic mass is 16.3. The van der Waals surface area contributed by atoms with E-state index in [0.717, 1.165) is 51.4 Å². The van der Waals surface area contributed by atoms with Gasteiger partial charge in [-0.2, -0.15) is 0 Å². The average Bonchev–Trinajstić information content (AvgIpc) is 2.43. The summed E-state index contributed by atoms with van der Waals surface area (Å²) in [6, 6.07) is 0. The van der Waals surface area contributed by atoms with Gasteiger partial charge in [-0.15, -0.1) is 0 Å². The first kappa shape index (κ1) is 15.1. The molecule has 0 amide bonds. The van der Waals surface area contributed by atoms with Gasteiger partial charge in [-0.3, -0.25) is 0 Å². The standard InChI is InChI=1S/C16H26O4/c17-13-9-5-1-3-7-11(15(13)19)12-8-4-2-6-10-14(18)16(12)20/h11-12,17-20H,1-10H2/b15-13-,16-14-. The molecule has 0 saturated heterocycles. The SMILES string of the molecule is O/C1=C(\O)C(C2CCCCC/C(O)=C\2O)CCCCC1. The van der Waals surface area contributed by atoms with Gasteiger partial charge in [0.1, 0.15) is 23.0 Å². The van der Waals surface area contributed by atoms with Crippen molar-refractivity contribution in [1.29, 1.82) is 0 Å². The Hall–Kier alpha value is -1.32. The summed E-state index contributed by atoms with van der Waals surface area (Å²) in [5, 5.41) is 40.4. The third-order valence-electron chi connectivity index (χ3n) is 4.64. The van der Waals surface area contributed by atoms with Crippen LogP contribution in [0.25, 0.3) is 0 Å². The fourth-order valence-corrected chi connectivity index (χ4v) is 3.41. The Labute approximate surface area is 120 Å². The van der Waals surface area contributed by atoms with Gasteiger partial charge >= 0.3 is 0 Å². The zero-order valence-electron chi connectivity index (χ0n) is 12.0. The minimum absolute atomic E-state index is 0.0228. The first-order valence-electron chi connectivity index (χ1n) is 7.83. The van der Waals surface area contributed by atoms with Crippen molar-refractivity contribution in [2.24, 2.45) is 11.8 Å². The third kappa shape index (κ3) is 3.41. The van der Waals surface area contributed by atoms with Gasteiger partial charge in [0.05, 0.1) is 0 Å². The molecule has 0 bridgehead atoms. The molecule has 4 nitrogen and oxygen atoms in total. The predicted octanol–water partition coefficient (Wildman–Crippen LogP) is 4.80. The lowest BCUT2D eigenvalue weighted by atomic mass is 9.78. The van der Waals surface area contributed by atoms with Crippen LogP contribution in [-0.4, -0.2) is 20.4 Å². The molecular formula is C16H26O4. The quantitative estimate of drug-likeness (QED) is 0.556. The Morgan fingerprint density at radius 3 is 1.35 bits per heavy atom. The maximum atomic E-state index is 10.3. The molecule has 2 rings (SSSR count). The topological polar surface area (TPSA) is 80.9 Å². The van der Waals surface area contributed by atoms with Crippen LogP contribution in [0.1, 0.15) is 64.2 Å². The van der Waals surface area contributed by atoms with Crippen LogP contribution in [0.15, 0.2) is 23.0 Å². The Bertz CT molecular complexity index is 359. The molecule has 0 aromatic rings. The summed E-state index contributed by atoms with van der Waals surface area (Å²) in [4.78, 5) is 0. The van der Waals surface area contributed by atoms with Gasteiger partial charge in [0.25, 0.3) is 0 Å². The van der Waals surface area contributed by atoms with E-state index in [2.05, 4.69) is 0 Å². The van der Waals surface area contributed by atoms with E-state index in [-0.39, 0.29) is 34.9 Å². The lowest BCUT2D eigenvalue weighted by Gasteiger charge is -2.29. The third-order valence-corrected chi connectivity index (χ3v) is 4.64. The van der Waals surface area contributed by atoms with Crippen molar-refractivity contribution in [2.45, 2.75) is 64.2 Å². The predicted molar refractivity (Wildman–Crippen MR) is 77.7 cm³/mol. The van der Waals surface area contributed by atoms with Crippen molar-refractivity contribution >= 4 is 0 Å². The van der Waals surface area contributed by atoms with Crippen molar-refractivity contribution in [3.8, 4) is 0 Å². The molecular weight excluding hydrogens is 256 g/mol. The zero-order chi connectivity index (χ0) is 14.5. The highest BCUT2D eigenvalue weighted by Crippen LogP contribution is 2.38. The van der Waals surface area contributed by atoms with E-state index in [1.807, 2.05) is 0 Å². The minimum Gasteiger partial charge on any atom is -0.509 e. The van der Waals surface area contributed by atoms with Crippen LogP contribution >= 0.6 is 0 Å². The van der Waals surface area contributed by atoms with E-state index in [9.17, 15) is 20.4 Å². The van der Waals surface area contributed by atoms with E-state index in [1.54, 1.807) is 0 Å². The summed E-state index contributed by atoms with van der Waals surface area (Å²) in [7, 11) is 0. The van der Waals surface area contributed by atoms with Crippen LogP contribution < -0.4 is 0 Å². The Morgan fingerprint density at radius 1 is 0.550 bits per heavy atom. The van der Waals surface area contributed by atoms with E-state index >= 15 is 0 Å². The van der Waals surface area contributed by atoms with Crippen LogP contribution in [0.5, 0.6) is 0 Å². The molecule has 0 fully saturated rings. The molecule has 2 aliphatic rings. The Balaban J connectivity index is 2.29. The second-order valence-corrected chi connectivity index (χ2v) is 6.08. The maximum absolute atomic E-state index is 10.3. The number of hydrogen-bond donors (Lipinski definition) is 4. The highest BCUT2D eigenvalue weighted by Gasteiger charge is 2.32. The number of hydrogen-bond acceptors (Lipinski definition) is 4. The van der Waals surface area contributed by atoms with Gasteiger partial charge in [-0.1, -0.05) is 25.7 Å². The van der Waals surface area contributed by atoms with Gasteiger partial charge in [0, 0.05) is 24.7 Å². The fourth-order valence-electron chi connectivity index (χ4n) is 3.41.